The van der Waals surface area contributed by atoms with Crippen LogP contribution in [0, 0.1) is 0 Å². The molecule has 4 nitrogen and oxygen atoms in total. The summed E-state index contributed by atoms with van der Waals surface area (Å²) in [6, 6.07) is 5.32. The molecule has 1 saturated heterocycles. The SMILES string of the molecule is NC1(C(=O)O)CCN(Cc2c(Cl)cccc2Cl)C1. The Morgan fingerprint density at radius 2 is 2.06 bits per heavy atom. The van der Waals surface area contributed by atoms with E-state index in [-0.39, 0.29) is 0 Å². The van der Waals surface area contributed by atoms with Crippen molar-refractivity contribution in [3.63, 3.8) is 0 Å². The number of aliphatic carboxylic acids is 1. The van der Waals surface area contributed by atoms with E-state index in [2.05, 4.69) is 0 Å². The number of carboxylic acid groups (broad SMARTS) is 1. The van der Waals surface area contributed by atoms with E-state index in [9.17, 15) is 4.79 Å². The minimum atomic E-state index is -1.16. The Morgan fingerprint density at radius 3 is 2.56 bits per heavy atom. The van der Waals surface area contributed by atoms with Crippen molar-refractivity contribution in [2.24, 2.45) is 5.73 Å². The Bertz CT molecular complexity index is 461. The predicted molar refractivity (Wildman–Crippen MR) is 70.9 cm³/mol. The Kier molecular flexibility index (Phi) is 3.82. The molecule has 98 valence electrons. The molecule has 6 heteroatoms. The van der Waals surface area contributed by atoms with E-state index in [1.807, 2.05) is 4.90 Å². The largest absolute Gasteiger partial charge is 0.480 e. The second-order valence-corrected chi connectivity index (χ2v) is 5.44. The van der Waals surface area contributed by atoms with E-state index in [1.54, 1.807) is 18.2 Å². The normalized spacial score (nSPS) is 24.4. The molecule has 1 aromatic carbocycles. The summed E-state index contributed by atoms with van der Waals surface area (Å²) in [5.74, 6) is -0.963. The van der Waals surface area contributed by atoms with Crippen molar-refractivity contribution in [1.82, 2.24) is 4.90 Å². The van der Waals surface area contributed by atoms with E-state index in [0.29, 0.717) is 36.1 Å². The van der Waals surface area contributed by atoms with Gasteiger partial charge in [0.25, 0.3) is 0 Å². The molecule has 1 heterocycles. The van der Waals surface area contributed by atoms with Crippen molar-refractivity contribution in [2.45, 2.75) is 18.5 Å². The fraction of sp³-hybridized carbons (Fsp3) is 0.417. The molecular weight excluding hydrogens is 275 g/mol. The lowest BCUT2D eigenvalue weighted by Crippen LogP contribution is -2.50. The average molecular weight is 289 g/mol. The molecule has 0 aliphatic carbocycles. The van der Waals surface area contributed by atoms with Crippen LogP contribution in [0.3, 0.4) is 0 Å². The highest BCUT2D eigenvalue weighted by molar-refractivity contribution is 6.35. The van der Waals surface area contributed by atoms with Crippen LogP contribution >= 0.6 is 23.2 Å². The zero-order valence-corrected chi connectivity index (χ0v) is 11.2. The number of benzene rings is 1. The lowest BCUT2D eigenvalue weighted by Gasteiger charge is -2.20. The van der Waals surface area contributed by atoms with Crippen LogP contribution < -0.4 is 5.73 Å². The van der Waals surface area contributed by atoms with Crippen LogP contribution in [0.2, 0.25) is 10.0 Å². The molecule has 1 aromatic rings. The van der Waals surface area contributed by atoms with Gasteiger partial charge < -0.3 is 10.8 Å². The Labute approximate surface area is 115 Å². The molecule has 1 aliphatic heterocycles. The number of likely N-dealkylation sites (tertiary alicyclic amines) is 1. The van der Waals surface area contributed by atoms with Gasteiger partial charge in [-0.3, -0.25) is 9.69 Å². The molecular formula is C12H14Cl2N2O2. The van der Waals surface area contributed by atoms with Crippen molar-refractivity contribution in [3.05, 3.63) is 33.8 Å². The summed E-state index contributed by atoms with van der Waals surface area (Å²) in [6.07, 6.45) is 0.435. The monoisotopic (exact) mass is 288 g/mol. The maximum atomic E-state index is 11.1. The number of rotatable bonds is 3. The van der Waals surface area contributed by atoms with Gasteiger partial charge in [0.1, 0.15) is 5.54 Å². The standard InChI is InChI=1S/C12H14Cl2N2O2/c13-9-2-1-3-10(14)8(9)6-16-5-4-12(15,7-16)11(17)18/h1-3H,4-7,15H2,(H,17,18). The first kappa shape index (κ1) is 13.6. The third-order valence-electron chi connectivity index (χ3n) is 3.25. The third-order valence-corrected chi connectivity index (χ3v) is 3.96. The van der Waals surface area contributed by atoms with E-state index < -0.39 is 11.5 Å². The van der Waals surface area contributed by atoms with Gasteiger partial charge in [0.15, 0.2) is 0 Å². The first-order valence-corrected chi connectivity index (χ1v) is 6.35. The lowest BCUT2D eigenvalue weighted by molar-refractivity contribution is -0.142. The van der Waals surface area contributed by atoms with Gasteiger partial charge in [-0.2, -0.15) is 0 Å². The number of carboxylic acids is 1. The average Bonchev–Trinajstić information content (AvgIpc) is 2.67. The molecule has 0 bridgehead atoms. The first-order valence-electron chi connectivity index (χ1n) is 5.60. The molecule has 0 aromatic heterocycles. The summed E-state index contributed by atoms with van der Waals surface area (Å²) in [5, 5.41) is 10.2. The van der Waals surface area contributed by atoms with Crippen molar-refractivity contribution in [2.75, 3.05) is 13.1 Å². The maximum absolute atomic E-state index is 11.1. The van der Waals surface area contributed by atoms with E-state index in [1.165, 1.54) is 0 Å². The Morgan fingerprint density at radius 1 is 1.44 bits per heavy atom. The summed E-state index contributed by atoms with van der Waals surface area (Å²) in [6.45, 7) is 1.46. The molecule has 3 N–H and O–H groups in total. The van der Waals surface area contributed by atoms with Gasteiger partial charge in [-0.05, 0) is 18.6 Å². The third kappa shape index (κ3) is 2.62. The van der Waals surface area contributed by atoms with Crippen molar-refractivity contribution in [1.29, 1.82) is 0 Å². The minimum Gasteiger partial charge on any atom is -0.480 e. The zero-order valence-electron chi connectivity index (χ0n) is 9.70. The topological polar surface area (TPSA) is 66.6 Å². The summed E-state index contributed by atoms with van der Waals surface area (Å²) in [5.41, 5.74) is 5.47. The maximum Gasteiger partial charge on any atom is 0.325 e. The van der Waals surface area contributed by atoms with Gasteiger partial charge >= 0.3 is 5.97 Å². The molecule has 1 aliphatic rings. The number of nitrogens with two attached hydrogens (primary N) is 1. The van der Waals surface area contributed by atoms with E-state index in [4.69, 9.17) is 34.0 Å². The van der Waals surface area contributed by atoms with Crippen LogP contribution in [0.5, 0.6) is 0 Å². The smallest absolute Gasteiger partial charge is 0.325 e. The van der Waals surface area contributed by atoms with Gasteiger partial charge in [-0.25, -0.2) is 0 Å². The fourth-order valence-electron chi connectivity index (χ4n) is 2.13. The van der Waals surface area contributed by atoms with E-state index in [0.717, 1.165) is 5.56 Å². The molecule has 1 unspecified atom stereocenters. The van der Waals surface area contributed by atoms with Crippen LogP contribution in [0.4, 0.5) is 0 Å². The first-order chi connectivity index (χ1) is 8.42. The molecule has 0 spiro atoms. The predicted octanol–water partition coefficient (Wildman–Crippen LogP) is 1.98. The van der Waals surface area contributed by atoms with Crippen LogP contribution in [-0.4, -0.2) is 34.6 Å². The number of hydrogen-bond acceptors (Lipinski definition) is 3. The van der Waals surface area contributed by atoms with Crippen molar-refractivity contribution in [3.8, 4) is 0 Å². The molecule has 1 atom stereocenters. The fourth-order valence-corrected chi connectivity index (χ4v) is 2.65. The number of nitrogens with zero attached hydrogens (tertiary/aromatic N) is 1. The van der Waals surface area contributed by atoms with Crippen molar-refractivity contribution >= 4 is 29.2 Å². The van der Waals surface area contributed by atoms with Crippen LogP contribution in [-0.2, 0) is 11.3 Å². The van der Waals surface area contributed by atoms with Gasteiger partial charge in [0.05, 0.1) is 0 Å². The lowest BCUT2D eigenvalue weighted by atomic mass is 10.0. The van der Waals surface area contributed by atoms with Gasteiger partial charge in [0.2, 0.25) is 0 Å². The molecule has 0 amide bonds. The summed E-state index contributed by atoms with van der Waals surface area (Å²) >= 11 is 12.2. The van der Waals surface area contributed by atoms with E-state index >= 15 is 0 Å². The highest BCUT2D eigenvalue weighted by Gasteiger charge is 2.41. The minimum absolute atomic E-state index is 0.309. The molecule has 18 heavy (non-hydrogen) atoms. The number of hydrogen-bond donors (Lipinski definition) is 2. The Hall–Kier alpha value is -0.810. The highest BCUT2D eigenvalue weighted by atomic mass is 35.5. The van der Waals surface area contributed by atoms with Gasteiger partial charge in [0, 0.05) is 35.2 Å². The summed E-state index contributed by atoms with van der Waals surface area (Å²) < 4.78 is 0. The molecule has 2 rings (SSSR count). The second kappa shape index (κ2) is 5.05. The van der Waals surface area contributed by atoms with Crippen LogP contribution in [0.1, 0.15) is 12.0 Å². The Balaban J connectivity index is 2.11. The van der Waals surface area contributed by atoms with Crippen LogP contribution in [0.15, 0.2) is 18.2 Å². The van der Waals surface area contributed by atoms with Crippen LogP contribution in [0.25, 0.3) is 0 Å². The van der Waals surface area contributed by atoms with Gasteiger partial charge in [-0.15, -0.1) is 0 Å². The highest BCUT2D eigenvalue weighted by Crippen LogP contribution is 2.28. The molecule has 0 saturated carbocycles. The summed E-state index contributed by atoms with van der Waals surface area (Å²) in [7, 11) is 0. The summed E-state index contributed by atoms with van der Waals surface area (Å²) in [4.78, 5) is 13.0. The molecule has 0 radical (unpaired) electrons. The zero-order chi connectivity index (χ0) is 13.3. The quantitative estimate of drug-likeness (QED) is 0.893. The number of carbonyl (C=O) groups is 1. The molecule has 1 fully saturated rings. The van der Waals surface area contributed by atoms with Gasteiger partial charge in [-0.1, -0.05) is 29.3 Å². The number of halogens is 2. The van der Waals surface area contributed by atoms with Crippen molar-refractivity contribution < 1.29 is 9.90 Å². The second-order valence-electron chi connectivity index (χ2n) is 4.62.